The van der Waals surface area contributed by atoms with Gasteiger partial charge in [0.2, 0.25) is 0 Å². The maximum atomic E-state index is 12.7. The number of unbranched alkanes of at least 4 members (excludes halogenated alkanes) is 22. The summed E-state index contributed by atoms with van der Waals surface area (Å²) >= 11 is 0. The van der Waals surface area contributed by atoms with E-state index in [1.54, 1.807) is 12.2 Å². The highest BCUT2D eigenvalue weighted by Crippen LogP contribution is 2.43. The lowest BCUT2D eigenvalue weighted by molar-refractivity contribution is -0.161. The van der Waals surface area contributed by atoms with Gasteiger partial charge in [-0.3, -0.25) is 23.4 Å². The highest BCUT2D eigenvalue weighted by Gasteiger charge is 2.39. The standard InChI is InChI=1S/C50H93O13P/c1-4-5-24-30-42(52)34-35-46-45(47(54)36-48(46)55)31-26-22-23-27-32-49(56)60-39-44(40-62-64(58,59)61-38-43(53)37-51)63-50(57)33-28-21-19-17-15-13-11-9-7-6-8-10-12-14-16-18-20-25-29-41(2)3/h34-35,41-46,48,51-53,55H,4-33,36-40H2,1-3H3,(H,58,59)/b35-34+/t42-,43-,44+,45+,46+,48+/m0/s1. The van der Waals surface area contributed by atoms with Crippen LogP contribution >= 0.6 is 7.82 Å². The van der Waals surface area contributed by atoms with Crippen LogP contribution in [0.5, 0.6) is 0 Å². The van der Waals surface area contributed by atoms with Crippen LogP contribution in [0.2, 0.25) is 0 Å². The van der Waals surface area contributed by atoms with E-state index >= 15 is 0 Å². The van der Waals surface area contributed by atoms with E-state index < -0.39 is 70.6 Å². The van der Waals surface area contributed by atoms with Gasteiger partial charge in [-0.05, 0) is 31.6 Å². The van der Waals surface area contributed by atoms with Crippen LogP contribution in [0.25, 0.3) is 0 Å². The van der Waals surface area contributed by atoms with Crippen molar-refractivity contribution in [3.63, 3.8) is 0 Å². The van der Waals surface area contributed by atoms with Gasteiger partial charge < -0.3 is 34.8 Å². The SMILES string of the molecule is CCCCC[C@H](O)/C=C/[C@H]1[C@H](O)CC(=O)[C@@H]1CCCCCCC(=O)OC[C@H](COP(=O)(O)OC[C@@H](O)CO)OC(=O)CCCCCCCCCCCCCCCCCCCCC(C)C. The molecule has 1 aliphatic rings. The maximum Gasteiger partial charge on any atom is 0.472 e. The minimum Gasteiger partial charge on any atom is -0.462 e. The summed E-state index contributed by atoms with van der Waals surface area (Å²) in [5.41, 5.74) is 0. The number of aliphatic hydroxyl groups is 4. The van der Waals surface area contributed by atoms with E-state index in [0.29, 0.717) is 32.1 Å². The molecule has 1 rings (SSSR count). The van der Waals surface area contributed by atoms with Crippen molar-refractivity contribution in [2.24, 2.45) is 17.8 Å². The normalized spacial score (nSPS) is 19.0. The second-order valence-corrected chi connectivity index (χ2v) is 20.3. The van der Waals surface area contributed by atoms with Crippen LogP contribution in [0.1, 0.15) is 220 Å². The van der Waals surface area contributed by atoms with Gasteiger partial charge in [-0.2, -0.15) is 0 Å². The zero-order valence-electron chi connectivity index (χ0n) is 40.4. The number of hydrogen-bond acceptors (Lipinski definition) is 12. The second kappa shape index (κ2) is 39.3. The van der Waals surface area contributed by atoms with E-state index in [1.165, 1.54) is 96.3 Å². The summed E-state index contributed by atoms with van der Waals surface area (Å²) in [5.74, 6) is -0.809. The Balaban J connectivity index is 2.32. The van der Waals surface area contributed by atoms with Gasteiger partial charge in [-0.25, -0.2) is 4.57 Å². The maximum absolute atomic E-state index is 12.7. The number of ketones is 1. The average molecular weight is 933 g/mol. The molecule has 14 heteroatoms. The first kappa shape index (κ1) is 60.3. The fourth-order valence-corrected chi connectivity index (χ4v) is 9.04. The van der Waals surface area contributed by atoms with E-state index in [1.807, 2.05) is 0 Å². The summed E-state index contributed by atoms with van der Waals surface area (Å²) in [5, 5.41) is 39.2. The molecule has 1 fully saturated rings. The minimum absolute atomic E-state index is 0.0351. The number of ether oxygens (including phenoxy) is 2. The summed E-state index contributed by atoms with van der Waals surface area (Å²) in [7, 11) is -4.68. The van der Waals surface area contributed by atoms with Gasteiger partial charge in [-0.1, -0.05) is 187 Å². The Morgan fingerprint density at radius 3 is 1.70 bits per heavy atom. The monoisotopic (exact) mass is 933 g/mol. The van der Waals surface area contributed by atoms with E-state index in [4.69, 9.17) is 23.6 Å². The number of Topliss-reactive ketones (excluding diaryl/α,β-unsaturated/α-hetero) is 1. The van der Waals surface area contributed by atoms with E-state index in [0.717, 1.165) is 57.3 Å². The molecule has 0 bridgehead atoms. The molecule has 0 amide bonds. The molecule has 0 aromatic carbocycles. The molecule has 0 spiro atoms. The molecule has 5 N–H and O–H groups in total. The Morgan fingerprint density at radius 2 is 1.17 bits per heavy atom. The Morgan fingerprint density at radius 1 is 0.688 bits per heavy atom. The fourth-order valence-electron chi connectivity index (χ4n) is 8.25. The number of phosphoric acid groups is 1. The molecular formula is C50H93O13P. The van der Waals surface area contributed by atoms with Gasteiger partial charge in [0.15, 0.2) is 6.10 Å². The summed E-state index contributed by atoms with van der Waals surface area (Å²) in [6.07, 6.45) is 30.8. The Bertz CT molecular complexity index is 1250. The first-order chi connectivity index (χ1) is 30.8. The molecule has 1 saturated carbocycles. The predicted molar refractivity (Wildman–Crippen MR) is 252 cm³/mol. The van der Waals surface area contributed by atoms with Crippen LogP contribution in [-0.4, -0.2) is 93.9 Å². The number of rotatable bonds is 44. The number of aliphatic hydroxyl groups excluding tert-OH is 4. The first-order valence-electron chi connectivity index (χ1n) is 25.6. The molecule has 0 saturated heterocycles. The molecule has 0 aliphatic heterocycles. The molecule has 7 atom stereocenters. The molecule has 1 unspecified atom stereocenters. The van der Waals surface area contributed by atoms with Crippen LogP contribution in [0, 0.1) is 17.8 Å². The largest absolute Gasteiger partial charge is 0.472 e. The van der Waals surface area contributed by atoms with Gasteiger partial charge in [-0.15, -0.1) is 0 Å². The Hall–Kier alpha value is -1.70. The molecule has 0 aromatic heterocycles. The third-order valence-corrected chi connectivity index (χ3v) is 13.2. The van der Waals surface area contributed by atoms with Crippen molar-refractivity contribution in [3.8, 4) is 0 Å². The zero-order valence-corrected chi connectivity index (χ0v) is 41.3. The summed E-state index contributed by atoms with van der Waals surface area (Å²) < 4.78 is 32.9. The topological polar surface area (TPSA) is 206 Å². The highest BCUT2D eigenvalue weighted by atomic mass is 31.2. The fraction of sp³-hybridized carbons (Fsp3) is 0.900. The number of carbonyl (C=O) groups excluding carboxylic acids is 3. The van der Waals surface area contributed by atoms with Crippen LogP contribution in [0.3, 0.4) is 0 Å². The lowest BCUT2D eigenvalue weighted by Crippen LogP contribution is -2.29. The van der Waals surface area contributed by atoms with Crippen LogP contribution in [0.15, 0.2) is 12.2 Å². The molecule has 0 heterocycles. The average Bonchev–Trinajstić information content (AvgIpc) is 3.53. The van der Waals surface area contributed by atoms with Gasteiger partial charge in [0.1, 0.15) is 18.5 Å². The lowest BCUT2D eigenvalue weighted by Gasteiger charge is -2.20. The van der Waals surface area contributed by atoms with Crippen molar-refractivity contribution in [2.45, 2.75) is 244 Å². The number of esters is 2. The highest BCUT2D eigenvalue weighted by molar-refractivity contribution is 7.47. The molecule has 376 valence electrons. The van der Waals surface area contributed by atoms with Crippen molar-refractivity contribution < 1.29 is 62.8 Å². The zero-order chi connectivity index (χ0) is 47.3. The van der Waals surface area contributed by atoms with Crippen LogP contribution < -0.4 is 0 Å². The number of phosphoric ester groups is 1. The second-order valence-electron chi connectivity index (χ2n) is 18.8. The van der Waals surface area contributed by atoms with E-state index in [2.05, 4.69) is 20.8 Å². The number of carbonyl (C=O) groups is 3. The van der Waals surface area contributed by atoms with Crippen molar-refractivity contribution in [1.82, 2.24) is 0 Å². The van der Waals surface area contributed by atoms with Gasteiger partial charge in [0.05, 0.1) is 32.0 Å². The van der Waals surface area contributed by atoms with E-state index in [-0.39, 0.29) is 36.9 Å². The molecular weight excluding hydrogens is 840 g/mol. The van der Waals surface area contributed by atoms with Crippen molar-refractivity contribution in [3.05, 3.63) is 12.2 Å². The van der Waals surface area contributed by atoms with Crippen molar-refractivity contribution in [2.75, 3.05) is 26.4 Å². The molecule has 13 nitrogen and oxygen atoms in total. The van der Waals surface area contributed by atoms with E-state index in [9.17, 15) is 39.2 Å². The van der Waals surface area contributed by atoms with Crippen LogP contribution in [-0.2, 0) is 37.5 Å². The first-order valence-corrected chi connectivity index (χ1v) is 27.1. The third-order valence-electron chi connectivity index (χ3n) is 12.2. The Kier molecular flexibility index (Phi) is 37.0. The Labute approximate surface area is 387 Å². The van der Waals surface area contributed by atoms with Gasteiger partial charge >= 0.3 is 19.8 Å². The molecule has 1 aliphatic carbocycles. The van der Waals surface area contributed by atoms with Crippen LogP contribution in [0.4, 0.5) is 0 Å². The third kappa shape index (κ3) is 33.7. The molecule has 0 radical (unpaired) electrons. The van der Waals surface area contributed by atoms with Crippen molar-refractivity contribution in [1.29, 1.82) is 0 Å². The summed E-state index contributed by atoms with van der Waals surface area (Å²) in [6.45, 7) is 4.40. The van der Waals surface area contributed by atoms with Gasteiger partial charge in [0, 0.05) is 31.1 Å². The summed E-state index contributed by atoms with van der Waals surface area (Å²) in [4.78, 5) is 48.0. The number of hydrogen-bond donors (Lipinski definition) is 5. The van der Waals surface area contributed by atoms with Crippen molar-refractivity contribution >= 4 is 25.5 Å². The van der Waals surface area contributed by atoms with Gasteiger partial charge in [0.25, 0.3) is 0 Å². The molecule has 64 heavy (non-hydrogen) atoms. The smallest absolute Gasteiger partial charge is 0.462 e. The predicted octanol–water partition coefficient (Wildman–Crippen LogP) is 10.8. The quantitative estimate of drug-likeness (QED) is 0.0167. The summed E-state index contributed by atoms with van der Waals surface area (Å²) in [6, 6.07) is 0. The minimum atomic E-state index is -4.68. The molecule has 0 aromatic rings. The lowest BCUT2D eigenvalue weighted by atomic mass is 9.88.